The number of rotatable bonds is 6. The summed E-state index contributed by atoms with van der Waals surface area (Å²) in [6.45, 7) is 0. The summed E-state index contributed by atoms with van der Waals surface area (Å²) in [5.41, 5.74) is 5.77. The lowest BCUT2D eigenvalue weighted by atomic mass is 9.85. The number of nitrogens with two attached hydrogens (primary N) is 1. The Bertz CT molecular complexity index is 1240. The van der Waals surface area contributed by atoms with Gasteiger partial charge >= 0.3 is 0 Å². The Labute approximate surface area is 199 Å². The van der Waals surface area contributed by atoms with E-state index in [2.05, 4.69) is 25.6 Å². The second kappa shape index (κ2) is 9.33. The van der Waals surface area contributed by atoms with Crippen LogP contribution in [0.5, 0.6) is 0 Å². The molecule has 2 aliphatic carbocycles. The third kappa shape index (κ3) is 4.62. The molecular formula is C23H26F3N7O2. The monoisotopic (exact) mass is 489 g/mol. The fraction of sp³-hybridized carbons (Fsp3) is 0.478. The Kier molecular flexibility index (Phi) is 6.22. The predicted octanol–water partition coefficient (Wildman–Crippen LogP) is 3.53. The molecule has 2 saturated carbocycles. The summed E-state index contributed by atoms with van der Waals surface area (Å²) in [5, 5.41) is 16.0. The van der Waals surface area contributed by atoms with E-state index in [-0.39, 0.29) is 29.9 Å². The maximum atomic E-state index is 14.4. The normalized spacial score (nSPS) is 24.6. The lowest BCUT2D eigenvalue weighted by Gasteiger charge is -2.29. The van der Waals surface area contributed by atoms with Crippen molar-refractivity contribution < 1.29 is 23.1 Å². The van der Waals surface area contributed by atoms with Crippen LogP contribution in [-0.2, 0) is 4.79 Å². The average molecular weight is 490 g/mol. The number of hydrogen-bond donors (Lipinski definition) is 4. The van der Waals surface area contributed by atoms with Crippen molar-refractivity contribution in [2.45, 2.75) is 63.1 Å². The van der Waals surface area contributed by atoms with Gasteiger partial charge in [0.25, 0.3) is 0 Å². The lowest BCUT2D eigenvalue weighted by molar-refractivity contribution is -0.122. The van der Waals surface area contributed by atoms with Crippen LogP contribution >= 0.6 is 0 Å². The molecule has 3 aromatic rings. The first-order chi connectivity index (χ1) is 16.8. The van der Waals surface area contributed by atoms with E-state index >= 15 is 0 Å². The van der Waals surface area contributed by atoms with E-state index in [0.29, 0.717) is 61.3 Å². The fourth-order valence-corrected chi connectivity index (χ4v) is 5.06. The highest BCUT2D eigenvalue weighted by Gasteiger charge is 2.30. The first kappa shape index (κ1) is 23.3. The Hall–Kier alpha value is -3.41. The zero-order chi connectivity index (χ0) is 24.7. The highest BCUT2D eigenvalue weighted by molar-refractivity contribution is 5.78. The number of aliphatic hydroxyl groups is 1. The average Bonchev–Trinajstić information content (AvgIpc) is 3.38. The number of amides is 1. The highest BCUT2D eigenvalue weighted by atomic mass is 19.1. The van der Waals surface area contributed by atoms with Gasteiger partial charge in [-0.3, -0.25) is 9.36 Å². The van der Waals surface area contributed by atoms with E-state index in [4.69, 9.17) is 5.73 Å². The molecule has 2 fully saturated rings. The third-order valence-electron chi connectivity index (χ3n) is 6.93. The summed E-state index contributed by atoms with van der Waals surface area (Å²) in [5.74, 6) is -3.37. The van der Waals surface area contributed by atoms with Gasteiger partial charge in [-0.05, 0) is 44.9 Å². The maximum Gasteiger partial charge on any atom is 0.225 e. The minimum Gasteiger partial charge on any atom is -0.391 e. The molecule has 2 aliphatic rings. The van der Waals surface area contributed by atoms with Crippen molar-refractivity contribution in [3.05, 3.63) is 35.8 Å². The number of benzene rings is 1. The lowest BCUT2D eigenvalue weighted by Crippen LogP contribution is -2.29. The molecule has 0 saturated heterocycles. The smallest absolute Gasteiger partial charge is 0.225 e. The van der Waals surface area contributed by atoms with Crippen molar-refractivity contribution in [3.8, 4) is 0 Å². The summed E-state index contributed by atoms with van der Waals surface area (Å²) in [6.07, 6.45) is 5.66. The number of hydrogen-bond acceptors (Lipinski definition) is 7. The van der Waals surface area contributed by atoms with Gasteiger partial charge in [-0.1, -0.05) is 0 Å². The largest absolute Gasteiger partial charge is 0.391 e. The van der Waals surface area contributed by atoms with Crippen LogP contribution in [0.4, 0.5) is 30.8 Å². The van der Waals surface area contributed by atoms with Gasteiger partial charge in [0.05, 0.1) is 18.3 Å². The quantitative estimate of drug-likeness (QED) is 0.417. The second-order valence-corrected chi connectivity index (χ2v) is 9.23. The number of primary amides is 1. The van der Waals surface area contributed by atoms with Crippen LogP contribution in [-0.4, -0.2) is 42.7 Å². The minimum absolute atomic E-state index is 0.124. The van der Waals surface area contributed by atoms with Crippen LogP contribution < -0.4 is 16.4 Å². The van der Waals surface area contributed by atoms with Crippen LogP contribution in [0.15, 0.2) is 18.3 Å². The van der Waals surface area contributed by atoms with Crippen LogP contribution in [0.3, 0.4) is 0 Å². The van der Waals surface area contributed by atoms with Crippen molar-refractivity contribution in [1.29, 1.82) is 0 Å². The molecule has 2 aromatic heterocycles. The van der Waals surface area contributed by atoms with Gasteiger partial charge in [-0.15, -0.1) is 0 Å². The van der Waals surface area contributed by atoms with E-state index in [1.807, 2.05) is 0 Å². The molecule has 1 aromatic carbocycles. The summed E-state index contributed by atoms with van der Waals surface area (Å²) >= 11 is 0. The van der Waals surface area contributed by atoms with Crippen LogP contribution in [0, 0.1) is 23.4 Å². The molecule has 0 radical (unpaired) electrons. The third-order valence-corrected chi connectivity index (χ3v) is 6.93. The standard InChI is InChI=1S/C23H26F3N7O2/c24-12-8-14(25)19(15(26)9-12)31-23-30-17-10-28-22(29-16-2-1-3-18(16)34)32-21(17)33(23)13-6-4-11(5-7-13)20(27)35/h8-11,13,16,18,34H,1-7H2,(H2,27,35)(H,30,31)(H,28,29,32)/t11?,13?,16?,18-/m1/s1. The number of aliphatic hydroxyl groups excluding tert-OH is 1. The van der Waals surface area contributed by atoms with Crippen LogP contribution in [0.1, 0.15) is 51.0 Å². The first-order valence-electron chi connectivity index (χ1n) is 11.7. The van der Waals surface area contributed by atoms with Crippen LogP contribution in [0.2, 0.25) is 0 Å². The summed E-state index contributed by atoms with van der Waals surface area (Å²) in [7, 11) is 0. The number of fused-ring (bicyclic) bond motifs is 1. The summed E-state index contributed by atoms with van der Waals surface area (Å²) in [6, 6.07) is 0.829. The van der Waals surface area contributed by atoms with E-state index < -0.39 is 29.2 Å². The number of imidazole rings is 1. The number of nitrogens with zero attached hydrogens (tertiary/aromatic N) is 4. The molecule has 186 valence electrons. The molecule has 9 nitrogen and oxygen atoms in total. The number of halogens is 3. The molecule has 0 aliphatic heterocycles. The predicted molar refractivity (Wildman–Crippen MR) is 122 cm³/mol. The van der Waals surface area contributed by atoms with Crippen molar-refractivity contribution in [2.75, 3.05) is 10.6 Å². The Morgan fingerprint density at radius 3 is 2.40 bits per heavy atom. The van der Waals surface area contributed by atoms with E-state index in [0.717, 1.165) is 12.8 Å². The van der Waals surface area contributed by atoms with Gasteiger partial charge in [0, 0.05) is 24.1 Å². The topological polar surface area (TPSA) is 131 Å². The number of nitrogens with one attached hydrogen (secondary N) is 2. The molecule has 1 unspecified atom stereocenters. The fourth-order valence-electron chi connectivity index (χ4n) is 5.06. The number of aromatic nitrogens is 4. The highest BCUT2D eigenvalue weighted by Crippen LogP contribution is 2.37. The second-order valence-electron chi connectivity index (χ2n) is 9.23. The van der Waals surface area contributed by atoms with Gasteiger partial charge in [-0.2, -0.15) is 4.98 Å². The molecule has 2 heterocycles. The van der Waals surface area contributed by atoms with Gasteiger partial charge in [0.2, 0.25) is 17.8 Å². The Morgan fingerprint density at radius 2 is 1.77 bits per heavy atom. The molecule has 2 atom stereocenters. The number of anilines is 3. The van der Waals surface area contributed by atoms with E-state index in [9.17, 15) is 23.1 Å². The number of carbonyl (C=O) groups excluding carboxylic acids is 1. The molecule has 0 bridgehead atoms. The molecule has 12 heteroatoms. The Balaban J connectivity index is 1.54. The molecular weight excluding hydrogens is 463 g/mol. The van der Waals surface area contributed by atoms with E-state index in [1.54, 1.807) is 4.57 Å². The first-order valence-corrected chi connectivity index (χ1v) is 11.7. The van der Waals surface area contributed by atoms with Crippen molar-refractivity contribution >= 4 is 34.7 Å². The summed E-state index contributed by atoms with van der Waals surface area (Å²) < 4.78 is 44.0. The molecule has 1 amide bonds. The van der Waals surface area contributed by atoms with Crippen LogP contribution in [0.25, 0.3) is 11.2 Å². The van der Waals surface area contributed by atoms with Gasteiger partial charge in [-0.25, -0.2) is 23.1 Å². The van der Waals surface area contributed by atoms with Crippen molar-refractivity contribution in [1.82, 2.24) is 19.5 Å². The Morgan fingerprint density at radius 1 is 1.06 bits per heavy atom. The minimum atomic E-state index is -1.10. The van der Waals surface area contributed by atoms with Crippen molar-refractivity contribution in [3.63, 3.8) is 0 Å². The molecule has 5 N–H and O–H groups in total. The van der Waals surface area contributed by atoms with E-state index in [1.165, 1.54) is 6.20 Å². The van der Waals surface area contributed by atoms with Crippen molar-refractivity contribution in [2.24, 2.45) is 11.7 Å². The van der Waals surface area contributed by atoms with Gasteiger partial charge in [0.15, 0.2) is 17.3 Å². The molecule has 0 spiro atoms. The number of carbonyl (C=O) groups is 1. The maximum absolute atomic E-state index is 14.4. The molecule has 5 rings (SSSR count). The zero-order valence-corrected chi connectivity index (χ0v) is 18.8. The zero-order valence-electron chi connectivity index (χ0n) is 18.8. The molecule has 35 heavy (non-hydrogen) atoms. The summed E-state index contributed by atoms with van der Waals surface area (Å²) in [4.78, 5) is 25.0. The van der Waals surface area contributed by atoms with Gasteiger partial charge < -0.3 is 21.5 Å². The van der Waals surface area contributed by atoms with Gasteiger partial charge in [0.1, 0.15) is 17.0 Å². The SMILES string of the molecule is NC(=O)C1CCC(n2c(Nc3c(F)cc(F)cc3F)nc3cnc(NC4CCC[C@H]4O)nc32)CC1.